The first-order valence-electron chi connectivity index (χ1n) is 4.75. The third-order valence-electron chi connectivity index (χ3n) is 1.78. The highest BCUT2D eigenvalue weighted by atomic mass is 32.2. The molecular formula is C11H12O4S2. The number of carbonyl (C=O) groups is 2. The molecule has 0 aliphatic carbocycles. The van der Waals surface area contributed by atoms with E-state index in [2.05, 4.69) is 4.74 Å². The van der Waals surface area contributed by atoms with E-state index in [1.165, 1.54) is 18.9 Å². The molecule has 0 aliphatic heterocycles. The van der Waals surface area contributed by atoms with Crippen molar-refractivity contribution >= 4 is 41.1 Å². The molecular weight excluding hydrogens is 260 g/mol. The van der Waals surface area contributed by atoms with Crippen molar-refractivity contribution < 1.29 is 19.4 Å². The average Bonchev–Trinajstić information content (AvgIpc) is 2.74. The predicted octanol–water partition coefficient (Wildman–Crippen LogP) is 2.25. The minimum atomic E-state index is -0.960. The Labute approximate surface area is 107 Å². The Hall–Kier alpha value is -1.27. The molecule has 0 aromatic carbocycles. The van der Waals surface area contributed by atoms with E-state index in [1.807, 2.05) is 11.4 Å². The van der Waals surface area contributed by atoms with Gasteiger partial charge in [0.05, 0.1) is 12.9 Å². The lowest BCUT2D eigenvalue weighted by Crippen LogP contribution is -2.02. The summed E-state index contributed by atoms with van der Waals surface area (Å²) in [6.07, 6.45) is 2.65. The number of hydrogen-bond acceptors (Lipinski definition) is 5. The first-order chi connectivity index (χ1) is 8.11. The molecule has 4 nitrogen and oxygen atoms in total. The maximum atomic E-state index is 10.9. The van der Waals surface area contributed by atoms with E-state index in [1.54, 1.807) is 17.4 Å². The van der Waals surface area contributed by atoms with Crippen LogP contribution in [0.15, 0.2) is 17.5 Å². The summed E-state index contributed by atoms with van der Waals surface area (Å²) in [4.78, 5) is 22.3. The molecule has 0 saturated carbocycles. The van der Waals surface area contributed by atoms with Crippen molar-refractivity contribution in [3.63, 3.8) is 0 Å². The van der Waals surface area contributed by atoms with Crippen LogP contribution in [0.2, 0.25) is 0 Å². The van der Waals surface area contributed by atoms with Gasteiger partial charge in [-0.2, -0.15) is 0 Å². The van der Waals surface area contributed by atoms with Gasteiger partial charge in [-0.3, -0.25) is 4.79 Å². The largest absolute Gasteiger partial charge is 0.478 e. The highest BCUT2D eigenvalue weighted by Crippen LogP contribution is 2.21. The predicted molar refractivity (Wildman–Crippen MR) is 69.2 cm³/mol. The van der Waals surface area contributed by atoms with Crippen LogP contribution in [0, 0.1) is 0 Å². The zero-order valence-corrected chi connectivity index (χ0v) is 10.8. The molecule has 0 atom stereocenters. The molecule has 0 amide bonds. The Morgan fingerprint density at radius 2 is 2.35 bits per heavy atom. The number of aliphatic carboxylic acids is 1. The third kappa shape index (κ3) is 5.55. The van der Waals surface area contributed by atoms with Gasteiger partial charge in [-0.25, -0.2) is 4.79 Å². The van der Waals surface area contributed by atoms with Crippen LogP contribution in [0.4, 0.5) is 0 Å². The zero-order chi connectivity index (χ0) is 12.7. The van der Waals surface area contributed by atoms with E-state index in [0.29, 0.717) is 5.75 Å². The quantitative estimate of drug-likeness (QED) is 0.635. The minimum Gasteiger partial charge on any atom is -0.478 e. The third-order valence-corrected chi connectivity index (χ3v) is 3.88. The first kappa shape index (κ1) is 13.8. The maximum Gasteiger partial charge on any atom is 0.328 e. The summed E-state index contributed by atoms with van der Waals surface area (Å²) in [7, 11) is 1.36. The van der Waals surface area contributed by atoms with Crippen LogP contribution in [0.5, 0.6) is 0 Å². The van der Waals surface area contributed by atoms with Crippen LogP contribution in [0.1, 0.15) is 10.4 Å². The summed E-state index contributed by atoms with van der Waals surface area (Å²) in [5, 5.41) is 10.4. The maximum absolute atomic E-state index is 10.9. The van der Waals surface area contributed by atoms with Gasteiger partial charge in [0.25, 0.3) is 0 Å². The summed E-state index contributed by atoms with van der Waals surface area (Å²) < 4.78 is 4.53. The van der Waals surface area contributed by atoms with Gasteiger partial charge >= 0.3 is 11.9 Å². The Balaban J connectivity index is 2.40. The molecule has 1 rings (SSSR count). The number of thioether (sulfide) groups is 1. The summed E-state index contributed by atoms with van der Waals surface area (Å²) >= 11 is 3.02. The second-order valence-electron chi connectivity index (χ2n) is 3.09. The molecule has 1 heterocycles. The molecule has 92 valence electrons. The van der Waals surface area contributed by atoms with Crippen molar-refractivity contribution in [2.75, 3.05) is 12.9 Å². The fourth-order valence-electron chi connectivity index (χ4n) is 1.02. The van der Waals surface area contributed by atoms with E-state index in [-0.39, 0.29) is 5.97 Å². The number of carboxylic acid groups (broad SMARTS) is 1. The van der Waals surface area contributed by atoms with Crippen LogP contribution >= 0.6 is 23.1 Å². The second-order valence-corrected chi connectivity index (χ2v) is 5.07. The molecule has 0 saturated heterocycles. The molecule has 0 fully saturated rings. The Bertz CT molecular complexity index is 423. The number of methoxy groups -OCH3 is 1. The van der Waals surface area contributed by atoms with Gasteiger partial charge < -0.3 is 9.84 Å². The smallest absolute Gasteiger partial charge is 0.328 e. The SMILES string of the molecule is COC(=O)CSCc1cc(C=CC(=O)O)cs1. The lowest BCUT2D eigenvalue weighted by atomic mass is 10.3. The molecule has 0 bridgehead atoms. The van der Waals surface area contributed by atoms with Gasteiger partial charge in [-0.05, 0) is 23.1 Å². The van der Waals surface area contributed by atoms with Crippen molar-refractivity contribution in [2.24, 2.45) is 0 Å². The number of carboxylic acids is 1. The van der Waals surface area contributed by atoms with Gasteiger partial charge in [-0.1, -0.05) is 0 Å². The normalized spacial score (nSPS) is 10.6. The minimum absolute atomic E-state index is 0.238. The number of carbonyl (C=O) groups excluding carboxylic acids is 1. The van der Waals surface area contributed by atoms with E-state index in [9.17, 15) is 9.59 Å². The first-order valence-corrected chi connectivity index (χ1v) is 6.78. The fourth-order valence-corrected chi connectivity index (χ4v) is 2.85. The van der Waals surface area contributed by atoms with Crippen LogP contribution < -0.4 is 0 Å². The van der Waals surface area contributed by atoms with Crippen LogP contribution in [0.25, 0.3) is 6.08 Å². The molecule has 0 aliphatic rings. The van der Waals surface area contributed by atoms with Crippen molar-refractivity contribution in [1.29, 1.82) is 0 Å². The topological polar surface area (TPSA) is 63.6 Å². The molecule has 1 N–H and O–H groups in total. The molecule has 1 aromatic heterocycles. The van der Waals surface area contributed by atoms with Crippen molar-refractivity contribution in [1.82, 2.24) is 0 Å². The standard InChI is InChI=1S/C11H12O4S2/c1-15-11(14)7-16-6-9-4-8(5-17-9)2-3-10(12)13/h2-5H,6-7H2,1H3,(H,12,13). The highest BCUT2D eigenvalue weighted by Gasteiger charge is 2.02. The van der Waals surface area contributed by atoms with Crippen LogP contribution in [-0.2, 0) is 20.1 Å². The molecule has 17 heavy (non-hydrogen) atoms. The van der Waals surface area contributed by atoms with E-state index >= 15 is 0 Å². The summed E-state index contributed by atoms with van der Waals surface area (Å²) in [5.74, 6) is -0.148. The number of esters is 1. The molecule has 0 unspecified atom stereocenters. The van der Waals surface area contributed by atoms with E-state index < -0.39 is 5.97 Å². The van der Waals surface area contributed by atoms with Crippen LogP contribution in [0.3, 0.4) is 0 Å². The van der Waals surface area contributed by atoms with Gasteiger partial charge in [0, 0.05) is 16.7 Å². The zero-order valence-electron chi connectivity index (χ0n) is 9.21. The van der Waals surface area contributed by atoms with Gasteiger partial charge in [0.2, 0.25) is 0 Å². The Kier molecular flexibility index (Phi) is 5.79. The Morgan fingerprint density at radius 3 is 3.00 bits per heavy atom. The monoisotopic (exact) mass is 272 g/mol. The molecule has 0 spiro atoms. The summed E-state index contributed by atoms with van der Waals surface area (Å²) in [6, 6.07) is 1.91. The molecule has 6 heteroatoms. The van der Waals surface area contributed by atoms with E-state index in [4.69, 9.17) is 5.11 Å². The second kappa shape index (κ2) is 7.13. The number of hydrogen-bond donors (Lipinski definition) is 1. The average molecular weight is 272 g/mol. The van der Waals surface area contributed by atoms with E-state index in [0.717, 1.165) is 22.3 Å². The van der Waals surface area contributed by atoms with Gasteiger partial charge in [-0.15, -0.1) is 23.1 Å². The molecule has 1 aromatic rings. The van der Waals surface area contributed by atoms with Gasteiger partial charge in [0.15, 0.2) is 0 Å². The lowest BCUT2D eigenvalue weighted by Gasteiger charge is -1.97. The van der Waals surface area contributed by atoms with Crippen molar-refractivity contribution in [3.8, 4) is 0 Å². The van der Waals surface area contributed by atoms with Gasteiger partial charge in [0.1, 0.15) is 0 Å². The summed E-state index contributed by atoms with van der Waals surface area (Å²) in [5.41, 5.74) is 0.867. The lowest BCUT2D eigenvalue weighted by molar-refractivity contribution is -0.137. The molecule has 0 radical (unpaired) electrons. The highest BCUT2D eigenvalue weighted by molar-refractivity contribution is 7.99. The Morgan fingerprint density at radius 1 is 1.59 bits per heavy atom. The summed E-state index contributed by atoms with van der Waals surface area (Å²) in [6.45, 7) is 0. The number of thiophene rings is 1. The van der Waals surface area contributed by atoms with Crippen molar-refractivity contribution in [2.45, 2.75) is 5.75 Å². The fraction of sp³-hybridized carbons (Fsp3) is 0.273. The number of rotatable bonds is 6. The number of ether oxygens (including phenoxy) is 1. The van der Waals surface area contributed by atoms with Crippen LogP contribution in [-0.4, -0.2) is 29.9 Å². The van der Waals surface area contributed by atoms with Crippen molar-refractivity contribution in [3.05, 3.63) is 28.0 Å².